The lowest BCUT2D eigenvalue weighted by Gasteiger charge is -2.20. The molecule has 8 nitrogen and oxygen atoms in total. The summed E-state index contributed by atoms with van der Waals surface area (Å²) in [4.78, 5) is 45.5. The number of hydrogen-bond donors (Lipinski definition) is 4. The quantitative estimate of drug-likeness (QED) is 0.152. The predicted molar refractivity (Wildman–Crippen MR) is 178 cm³/mol. The Kier molecular flexibility index (Phi) is 10.6. The van der Waals surface area contributed by atoms with Crippen molar-refractivity contribution < 1.29 is 14.4 Å². The smallest absolute Gasteiger partial charge is 0.255 e. The van der Waals surface area contributed by atoms with Crippen LogP contribution in [0.5, 0.6) is 0 Å². The predicted octanol–water partition coefficient (Wildman–Crippen LogP) is 5.78. The third-order valence-electron chi connectivity index (χ3n) is 7.07. The number of H-pyrrole nitrogens is 1. The lowest BCUT2D eigenvalue weighted by atomic mass is 10.0. The Morgan fingerprint density at radius 3 is 2.42 bits per heavy atom. The second-order valence-electron chi connectivity index (χ2n) is 10.4. The summed E-state index contributed by atoms with van der Waals surface area (Å²) in [6.45, 7) is 1.10. The van der Waals surface area contributed by atoms with Gasteiger partial charge in [0.15, 0.2) is 0 Å². The number of aromatic amines is 1. The molecule has 0 aliphatic heterocycles. The zero-order chi connectivity index (χ0) is 29.6. The molecular formula is C33H33BrClN5O3. The number of hydrogen-bond acceptors (Lipinski definition) is 4. The van der Waals surface area contributed by atoms with E-state index < -0.39 is 11.9 Å². The zero-order valence-corrected chi connectivity index (χ0v) is 26.2. The molecule has 5 rings (SSSR count). The van der Waals surface area contributed by atoms with Crippen LogP contribution in [0, 0.1) is 0 Å². The van der Waals surface area contributed by atoms with Crippen LogP contribution in [0.25, 0.3) is 21.7 Å². The fourth-order valence-corrected chi connectivity index (χ4v) is 5.19. The second-order valence-corrected chi connectivity index (χ2v) is 11.3. The topological polar surface area (TPSA) is 106 Å². The summed E-state index contributed by atoms with van der Waals surface area (Å²) in [6, 6.07) is 25.3. The van der Waals surface area contributed by atoms with Crippen LogP contribution >= 0.6 is 28.3 Å². The van der Waals surface area contributed by atoms with Crippen LogP contribution in [0.4, 0.5) is 5.69 Å². The minimum Gasteiger partial charge on any atom is -0.361 e. The van der Waals surface area contributed by atoms with Crippen molar-refractivity contribution in [3.05, 3.63) is 112 Å². The number of likely N-dealkylation sites (N-methyl/N-ethyl adjacent to an activating group) is 1. The first-order chi connectivity index (χ1) is 20.3. The fraction of sp³-hybridized carbons (Fsp3) is 0.182. The first kappa shape index (κ1) is 31.7. The number of aromatic nitrogens is 1. The summed E-state index contributed by atoms with van der Waals surface area (Å²) < 4.78 is 0.667. The highest BCUT2D eigenvalue weighted by atomic mass is 79.9. The van der Waals surface area contributed by atoms with Crippen LogP contribution in [0.1, 0.15) is 26.3 Å². The highest BCUT2D eigenvalue weighted by Crippen LogP contribution is 2.24. The van der Waals surface area contributed by atoms with E-state index in [1.165, 1.54) is 0 Å². The van der Waals surface area contributed by atoms with E-state index in [9.17, 15) is 14.4 Å². The number of nitrogens with zero attached hydrogens (tertiary/aromatic N) is 1. The van der Waals surface area contributed by atoms with Crippen molar-refractivity contribution in [3.63, 3.8) is 0 Å². The van der Waals surface area contributed by atoms with Gasteiger partial charge in [0.2, 0.25) is 5.91 Å². The van der Waals surface area contributed by atoms with Gasteiger partial charge in [0.1, 0.15) is 6.04 Å². The van der Waals surface area contributed by atoms with Crippen molar-refractivity contribution in [2.45, 2.75) is 12.5 Å². The summed E-state index contributed by atoms with van der Waals surface area (Å²) in [7, 11) is 3.86. The Morgan fingerprint density at radius 1 is 0.884 bits per heavy atom. The molecule has 222 valence electrons. The molecule has 0 saturated carbocycles. The number of fused-ring (bicyclic) bond motifs is 2. The minimum atomic E-state index is -0.845. The molecule has 0 bridgehead atoms. The molecule has 5 aromatic rings. The van der Waals surface area contributed by atoms with E-state index in [1.54, 1.807) is 24.3 Å². The van der Waals surface area contributed by atoms with Crippen LogP contribution in [0.3, 0.4) is 0 Å². The number of carbonyl (C=O) groups excluding carboxylic acids is 3. The fourth-order valence-electron chi connectivity index (χ4n) is 4.83. The maximum absolute atomic E-state index is 13.7. The van der Waals surface area contributed by atoms with Gasteiger partial charge in [0.25, 0.3) is 11.8 Å². The van der Waals surface area contributed by atoms with E-state index in [1.807, 2.05) is 85.9 Å². The second kappa shape index (κ2) is 14.3. The standard InChI is InChI=1S/C33H32BrN5O3.ClH/c1-39(2)16-15-35-33(42)30(18-24-20-36-28-10-6-5-9-26(24)28)38-32(41)27-19-25(34)13-14-29(27)37-31(40)23-12-11-21-7-3-4-8-22(21)17-23;/h3-14,17,19-20,30,36H,15-16,18H2,1-2H3,(H,35,42)(H,37,40)(H,38,41);1H/t30-;/m0./s1. The van der Waals surface area contributed by atoms with Gasteiger partial charge >= 0.3 is 0 Å². The molecule has 1 atom stereocenters. The lowest BCUT2D eigenvalue weighted by Crippen LogP contribution is -2.49. The summed E-state index contributed by atoms with van der Waals surface area (Å²) in [5.74, 6) is -1.10. The Bertz CT molecular complexity index is 1770. The molecule has 1 heterocycles. The Balaban J connectivity index is 0.00000423. The van der Waals surface area contributed by atoms with E-state index in [0.29, 0.717) is 28.8 Å². The van der Waals surface area contributed by atoms with Gasteiger partial charge in [-0.15, -0.1) is 12.4 Å². The third kappa shape index (κ3) is 7.81. The average Bonchev–Trinajstić information content (AvgIpc) is 3.39. The largest absolute Gasteiger partial charge is 0.361 e. The molecule has 3 amide bonds. The molecule has 10 heteroatoms. The van der Waals surface area contributed by atoms with Crippen LogP contribution in [0.15, 0.2) is 95.6 Å². The molecule has 0 aliphatic rings. The summed E-state index contributed by atoms with van der Waals surface area (Å²) in [5, 5.41) is 11.7. The number of halogens is 2. The van der Waals surface area contributed by atoms with Crippen molar-refractivity contribution in [1.82, 2.24) is 20.5 Å². The Hall–Kier alpha value is -4.18. The van der Waals surface area contributed by atoms with Crippen molar-refractivity contribution in [2.75, 3.05) is 32.5 Å². The van der Waals surface area contributed by atoms with Crippen molar-refractivity contribution in [1.29, 1.82) is 0 Å². The number of rotatable bonds is 10. The molecule has 0 fully saturated rings. The summed E-state index contributed by atoms with van der Waals surface area (Å²) in [5.41, 5.74) is 2.92. The Labute approximate surface area is 264 Å². The van der Waals surface area contributed by atoms with E-state index >= 15 is 0 Å². The number of nitrogens with one attached hydrogen (secondary N) is 4. The van der Waals surface area contributed by atoms with Gasteiger partial charge < -0.3 is 25.8 Å². The molecular weight excluding hydrogens is 630 g/mol. The van der Waals surface area contributed by atoms with Gasteiger partial charge in [-0.2, -0.15) is 0 Å². The highest BCUT2D eigenvalue weighted by molar-refractivity contribution is 9.10. The average molecular weight is 663 g/mol. The normalized spacial score (nSPS) is 11.6. The summed E-state index contributed by atoms with van der Waals surface area (Å²) >= 11 is 3.44. The van der Waals surface area contributed by atoms with Crippen LogP contribution in [-0.2, 0) is 11.2 Å². The van der Waals surface area contributed by atoms with Gasteiger partial charge in [-0.25, -0.2) is 0 Å². The van der Waals surface area contributed by atoms with Gasteiger partial charge in [0.05, 0.1) is 11.3 Å². The third-order valence-corrected chi connectivity index (χ3v) is 7.56. The summed E-state index contributed by atoms with van der Waals surface area (Å²) in [6.07, 6.45) is 2.15. The maximum atomic E-state index is 13.7. The molecule has 43 heavy (non-hydrogen) atoms. The van der Waals surface area contributed by atoms with E-state index in [-0.39, 0.29) is 36.2 Å². The van der Waals surface area contributed by atoms with Crippen molar-refractivity contribution in [2.24, 2.45) is 0 Å². The molecule has 0 unspecified atom stereocenters. The molecule has 0 radical (unpaired) electrons. The Morgan fingerprint density at radius 2 is 1.63 bits per heavy atom. The molecule has 4 aromatic carbocycles. The molecule has 0 spiro atoms. The van der Waals surface area contributed by atoms with Crippen LogP contribution < -0.4 is 16.0 Å². The molecule has 4 N–H and O–H groups in total. The van der Waals surface area contributed by atoms with Crippen molar-refractivity contribution >= 4 is 73.4 Å². The molecule has 0 saturated heterocycles. The van der Waals surface area contributed by atoms with Crippen LogP contribution in [0.2, 0.25) is 0 Å². The van der Waals surface area contributed by atoms with Gasteiger partial charge in [-0.1, -0.05) is 64.5 Å². The van der Waals surface area contributed by atoms with E-state index in [4.69, 9.17) is 0 Å². The SMILES string of the molecule is CN(C)CCNC(=O)[C@H](Cc1c[nH]c2ccccc12)NC(=O)c1cc(Br)ccc1NC(=O)c1ccc2ccccc2c1.Cl. The minimum absolute atomic E-state index is 0. The van der Waals surface area contributed by atoms with Gasteiger partial charge in [-0.3, -0.25) is 14.4 Å². The number of carbonyl (C=O) groups is 3. The zero-order valence-electron chi connectivity index (χ0n) is 23.8. The highest BCUT2D eigenvalue weighted by Gasteiger charge is 2.25. The lowest BCUT2D eigenvalue weighted by molar-refractivity contribution is -0.123. The van der Waals surface area contributed by atoms with Gasteiger partial charge in [0, 0.05) is 46.6 Å². The van der Waals surface area contributed by atoms with Crippen LogP contribution in [-0.4, -0.2) is 60.8 Å². The first-order valence-corrected chi connectivity index (χ1v) is 14.5. The van der Waals surface area contributed by atoms with E-state index in [2.05, 4.69) is 36.9 Å². The number of amides is 3. The van der Waals surface area contributed by atoms with Gasteiger partial charge in [-0.05, 0) is 66.8 Å². The number of benzene rings is 4. The first-order valence-electron chi connectivity index (χ1n) is 13.7. The monoisotopic (exact) mass is 661 g/mol. The van der Waals surface area contributed by atoms with E-state index in [0.717, 1.165) is 27.2 Å². The number of anilines is 1. The molecule has 1 aromatic heterocycles. The molecule has 0 aliphatic carbocycles. The number of para-hydroxylation sites is 1. The maximum Gasteiger partial charge on any atom is 0.255 e. The van der Waals surface area contributed by atoms with Crippen molar-refractivity contribution in [3.8, 4) is 0 Å².